The number of hydrogen-bond acceptors (Lipinski definition) is 6. The molecule has 2 unspecified atom stereocenters. The van der Waals surface area contributed by atoms with Crippen molar-refractivity contribution in [2.75, 3.05) is 23.3 Å². The molecule has 1 aromatic carbocycles. The minimum Gasteiger partial charge on any atom is -0.364 e. The highest BCUT2D eigenvalue weighted by Crippen LogP contribution is 2.41. The standard InChI is InChI=1S/C17H20N6O/c18-15(24)13-7-9-20-17(22-13)23-14-6-2-1-5-12(14)21-16(23)11-4-3-8-19-10-11/h1-2,5-7,9,11,16,19,21H,3-4,8,10H2,(H2,18,24). The molecule has 4 N–H and O–H groups in total. The van der Waals surface area contributed by atoms with Crippen molar-refractivity contribution in [2.24, 2.45) is 11.7 Å². The highest BCUT2D eigenvalue weighted by Gasteiger charge is 2.37. The number of piperidine rings is 1. The molecular formula is C17H20N6O. The normalized spacial score (nSPS) is 22.8. The van der Waals surface area contributed by atoms with Gasteiger partial charge in [-0.25, -0.2) is 9.97 Å². The van der Waals surface area contributed by atoms with Gasteiger partial charge in [0.2, 0.25) is 5.95 Å². The zero-order chi connectivity index (χ0) is 16.5. The number of rotatable bonds is 3. The van der Waals surface area contributed by atoms with E-state index in [2.05, 4.69) is 31.6 Å². The van der Waals surface area contributed by atoms with Gasteiger partial charge in [0.15, 0.2) is 0 Å². The molecule has 7 nitrogen and oxygen atoms in total. The predicted molar refractivity (Wildman–Crippen MR) is 92.1 cm³/mol. The maximum absolute atomic E-state index is 11.5. The van der Waals surface area contributed by atoms with Crippen molar-refractivity contribution in [3.8, 4) is 0 Å². The van der Waals surface area contributed by atoms with Gasteiger partial charge in [-0.3, -0.25) is 9.69 Å². The van der Waals surface area contributed by atoms with Crippen molar-refractivity contribution < 1.29 is 4.79 Å². The lowest BCUT2D eigenvalue weighted by Gasteiger charge is -2.34. The number of carbonyl (C=O) groups excluding carboxylic acids is 1. The Morgan fingerprint density at radius 2 is 2.17 bits per heavy atom. The number of benzene rings is 1. The number of primary amides is 1. The summed E-state index contributed by atoms with van der Waals surface area (Å²) in [7, 11) is 0. The molecule has 1 amide bonds. The molecule has 1 saturated heterocycles. The summed E-state index contributed by atoms with van der Waals surface area (Å²) in [6, 6.07) is 9.63. The Balaban J connectivity index is 1.75. The summed E-state index contributed by atoms with van der Waals surface area (Å²) < 4.78 is 0. The number of fused-ring (bicyclic) bond motifs is 1. The first kappa shape index (κ1) is 14.9. The first-order chi connectivity index (χ1) is 11.7. The number of anilines is 3. The Bertz CT molecular complexity index is 758. The topological polar surface area (TPSA) is 96.2 Å². The molecule has 24 heavy (non-hydrogen) atoms. The minimum atomic E-state index is -0.546. The smallest absolute Gasteiger partial charge is 0.267 e. The van der Waals surface area contributed by atoms with Gasteiger partial charge in [-0.2, -0.15) is 0 Å². The van der Waals surface area contributed by atoms with E-state index in [1.807, 2.05) is 18.2 Å². The zero-order valence-corrected chi connectivity index (χ0v) is 13.3. The maximum Gasteiger partial charge on any atom is 0.267 e. The van der Waals surface area contributed by atoms with Crippen LogP contribution in [-0.4, -0.2) is 35.1 Å². The highest BCUT2D eigenvalue weighted by atomic mass is 16.1. The Morgan fingerprint density at radius 1 is 1.29 bits per heavy atom. The number of nitrogens with zero attached hydrogens (tertiary/aromatic N) is 3. The van der Waals surface area contributed by atoms with Crippen molar-refractivity contribution in [1.29, 1.82) is 0 Å². The molecule has 2 aromatic rings. The number of aromatic nitrogens is 2. The largest absolute Gasteiger partial charge is 0.364 e. The Kier molecular flexibility index (Phi) is 3.78. The van der Waals surface area contributed by atoms with Crippen LogP contribution in [0.1, 0.15) is 23.3 Å². The molecule has 0 spiro atoms. The van der Waals surface area contributed by atoms with E-state index in [0.29, 0.717) is 11.9 Å². The second kappa shape index (κ2) is 6.09. The molecular weight excluding hydrogens is 304 g/mol. The van der Waals surface area contributed by atoms with Crippen LogP contribution in [0, 0.1) is 5.92 Å². The van der Waals surface area contributed by atoms with Gasteiger partial charge in [0.05, 0.1) is 11.4 Å². The van der Waals surface area contributed by atoms with Crippen LogP contribution in [0.15, 0.2) is 36.5 Å². The molecule has 124 valence electrons. The molecule has 0 radical (unpaired) electrons. The van der Waals surface area contributed by atoms with Crippen molar-refractivity contribution in [1.82, 2.24) is 15.3 Å². The number of nitrogens with two attached hydrogens (primary N) is 1. The van der Waals surface area contributed by atoms with Gasteiger partial charge < -0.3 is 16.4 Å². The number of hydrogen-bond donors (Lipinski definition) is 3. The summed E-state index contributed by atoms with van der Waals surface area (Å²) in [6.45, 7) is 2.00. The Morgan fingerprint density at radius 3 is 2.96 bits per heavy atom. The Labute approximate surface area is 140 Å². The van der Waals surface area contributed by atoms with Crippen LogP contribution in [-0.2, 0) is 0 Å². The van der Waals surface area contributed by atoms with Crippen molar-refractivity contribution >= 4 is 23.2 Å². The van der Waals surface area contributed by atoms with Gasteiger partial charge in [0.25, 0.3) is 5.91 Å². The number of para-hydroxylation sites is 2. The molecule has 7 heteroatoms. The van der Waals surface area contributed by atoms with Crippen molar-refractivity contribution in [3.05, 3.63) is 42.2 Å². The molecule has 3 heterocycles. The third-order valence-electron chi connectivity index (χ3n) is 4.64. The molecule has 2 aliphatic rings. The molecule has 0 bridgehead atoms. The van der Waals surface area contributed by atoms with Crippen LogP contribution < -0.4 is 21.3 Å². The van der Waals surface area contributed by atoms with E-state index in [4.69, 9.17) is 5.73 Å². The monoisotopic (exact) mass is 324 g/mol. The molecule has 2 aliphatic heterocycles. The van der Waals surface area contributed by atoms with Crippen molar-refractivity contribution in [3.63, 3.8) is 0 Å². The number of amides is 1. The first-order valence-corrected chi connectivity index (χ1v) is 8.22. The summed E-state index contributed by atoms with van der Waals surface area (Å²) in [6.07, 6.45) is 3.91. The van der Waals surface area contributed by atoms with Crippen LogP contribution in [0.25, 0.3) is 0 Å². The minimum absolute atomic E-state index is 0.0540. The third kappa shape index (κ3) is 2.56. The number of carbonyl (C=O) groups is 1. The molecule has 1 fully saturated rings. The summed E-state index contributed by atoms with van der Waals surface area (Å²) in [5.74, 6) is 0.376. The average Bonchev–Trinajstić information content (AvgIpc) is 3.02. The lowest BCUT2D eigenvalue weighted by atomic mass is 9.96. The van der Waals surface area contributed by atoms with E-state index in [9.17, 15) is 4.79 Å². The maximum atomic E-state index is 11.5. The van der Waals surface area contributed by atoms with Gasteiger partial charge in [-0.05, 0) is 37.6 Å². The lowest BCUT2D eigenvalue weighted by molar-refractivity contribution is 0.0995. The number of nitrogens with one attached hydrogen (secondary N) is 2. The van der Waals surface area contributed by atoms with E-state index in [0.717, 1.165) is 37.3 Å². The van der Waals surface area contributed by atoms with E-state index >= 15 is 0 Å². The summed E-state index contributed by atoms with van der Waals surface area (Å²) in [5, 5.41) is 7.05. The molecule has 2 atom stereocenters. The highest BCUT2D eigenvalue weighted by molar-refractivity contribution is 5.91. The van der Waals surface area contributed by atoms with Crippen LogP contribution >= 0.6 is 0 Å². The van der Waals surface area contributed by atoms with Crippen LogP contribution in [0.4, 0.5) is 17.3 Å². The molecule has 0 aliphatic carbocycles. The van der Waals surface area contributed by atoms with E-state index in [1.54, 1.807) is 12.3 Å². The van der Waals surface area contributed by atoms with E-state index < -0.39 is 5.91 Å². The van der Waals surface area contributed by atoms with E-state index in [1.165, 1.54) is 0 Å². The quantitative estimate of drug-likeness (QED) is 0.791. The summed E-state index contributed by atoms with van der Waals surface area (Å²) in [5.41, 5.74) is 7.69. The van der Waals surface area contributed by atoms with Gasteiger partial charge in [0, 0.05) is 18.7 Å². The van der Waals surface area contributed by atoms with E-state index in [-0.39, 0.29) is 11.9 Å². The second-order valence-corrected chi connectivity index (χ2v) is 6.19. The fourth-order valence-electron chi connectivity index (χ4n) is 3.49. The summed E-state index contributed by atoms with van der Waals surface area (Å²) in [4.78, 5) is 22.3. The SMILES string of the molecule is NC(=O)c1ccnc(N2c3ccccc3NC2C2CCCNC2)n1. The second-order valence-electron chi connectivity index (χ2n) is 6.19. The van der Waals surface area contributed by atoms with Crippen LogP contribution in [0.2, 0.25) is 0 Å². The zero-order valence-electron chi connectivity index (χ0n) is 13.3. The van der Waals surface area contributed by atoms with Crippen molar-refractivity contribution in [2.45, 2.75) is 19.0 Å². The van der Waals surface area contributed by atoms with Crippen LogP contribution in [0.3, 0.4) is 0 Å². The molecule has 1 aromatic heterocycles. The molecule has 4 rings (SSSR count). The fraction of sp³-hybridized carbons (Fsp3) is 0.353. The van der Waals surface area contributed by atoms with Gasteiger partial charge in [0.1, 0.15) is 11.9 Å². The van der Waals surface area contributed by atoms with Gasteiger partial charge in [-0.1, -0.05) is 12.1 Å². The lowest BCUT2D eigenvalue weighted by Crippen LogP contribution is -2.46. The molecule has 0 saturated carbocycles. The van der Waals surface area contributed by atoms with Crippen LogP contribution in [0.5, 0.6) is 0 Å². The van der Waals surface area contributed by atoms with Gasteiger partial charge in [-0.15, -0.1) is 0 Å². The predicted octanol–water partition coefficient (Wildman–Crippen LogP) is 1.46. The van der Waals surface area contributed by atoms with Gasteiger partial charge >= 0.3 is 0 Å². The first-order valence-electron chi connectivity index (χ1n) is 8.22. The third-order valence-corrected chi connectivity index (χ3v) is 4.64. The fourth-order valence-corrected chi connectivity index (χ4v) is 3.49. The summed E-state index contributed by atoms with van der Waals surface area (Å²) >= 11 is 0. The Hall–Kier alpha value is -2.67. The average molecular weight is 324 g/mol.